The standard InChI is InChI=1S/C22H22N4O3/c1-4-29-21(28)18-7-5-6-8-19(18)25-20-13-14(2)23-22(26-20)24-17-11-9-16(10-12-17)15(3)27/h5-13H,4H2,1-3H3,(H2,23,24,25,26). The van der Waals surface area contributed by atoms with E-state index in [4.69, 9.17) is 4.74 Å². The van der Waals surface area contributed by atoms with Crippen LogP contribution in [0.3, 0.4) is 0 Å². The van der Waals surface area contributed by atoms with Crippen molar-refractivity contribution < 1.29 is 14.3 Å². The molecule has 0 atom stereocenters. The van der Waals surface area contributed by atoms with Crippen molar-refractivity contribution in [3.05, 3.63) is 71.4 Å². The van der Waals surface area contributed by atoms with Crippen LogP contribution < -0.4 is 10.6 Å². The van der Waals surface area contributed by atoms with E-state index in [0.717, 1.165) is 11.4 Å². The maximum absolute atomic E-state index is 12.2. The molecule has 0 unspecified atom stereocenters. The van der Waals surface area contributed by atoms with Gasteiger partial charge in [0.05, 0.1) is 17.9 Å². The van der Waals surface area contributed by atoms with Gasteiger partial charge in [0.25, 0.3) is 0 Å². The summed E-state index contributed by atoms with van der Waals surface area (Å²) < 4.78 is 5.11. The van der Waals surface area contributed by atoms with Gasteiger partial charge in [-0.05, 0) is 57.2 Å². The second kappa shape index (κ2) is 8.97. The molecule has 148 valence electrons. The molecular weight excluding hydrogens is 368 g/mol. The summed E-state index contributed by atoms with van der Waals surface area (Å²) in [5.41, 5.74) is 3.18. The van der Waals surface area contributed by atoms with E-state index < -0.39 is 5.97 Å². The first-order valence-corrected chi connectivity index (χ1v) is 9.23. The van der Waals surface area contributed by atoms with Gasteiger partial charge in [-0.2, -0.15) is 4.98 Å². The van der Waals surface area contributed by atoms with Crippen molar-refractivity contribution in [3.63, 3.8) is 0 Å². The van der Waals surface area contributed by atoms with E-state index in [1.165, 1.54) is 6.92 Å². The highest BCUT2D eigenvalue weighted by Crippen LogP contribution is 2.23. The number of hydrogen-bond acceptors (Lipinski definition) is 7. The quantitative estimate of drug-likeness (QED) is 0.448. The number of hydrogen-bond donors (Lipinski definition) is 2. The van der Waals surface area contributed by atoms with Gasteiger partial charge < -0.3 is 15.4 Å². The molecule has 7 nitrogen and oxygen atoms in total. The first-order chi connectivity index (χ1) is 14.0. The average Bonchev–Trinajstić information content (AvgIpc) is 2.68. The Morgan fingerprint density at radius 3 is 2.41 bits per heavy atom. The predicted octanol–water partition coefficient (Wildman–Crippen LogP) is 4.65. The third kappa shape index (κ3) is 5.16. The number of nitrogens with one attached hydrogen (secondary N) is 2. The van der Waals surface area contributed by atoms with Gasteiger partial charge >= 0.3 is 5.97 Å². The van der Waals surface area contributed by atoms with Crippen molar-refractivity contribution in [2.75, 3.05) is 17.2 Å². The van der Waals surface area contributed by atoms with Crippen LogP contribution in [0.15, 0.2) is 54.6 Å². The van der Waals surface area contributed by atoms with E-state index in [2.05, 4.69) is 20.6 Å². The van der Waals surface area contributed by atoms with Crippen LogP contribution in [0.1, 0.15) is 40.3 Å². The molecule has 2 N–H and O–H groups in total. The SMILES string of the molecule is CCOC(=O)c1ccccc1Nc1cc(C)nc(Nc2ccc(C(C)=O)cc2)n1. The lowest BCUT2D eigenvalue weighted by atomic mass is 10.1. The fraction of sp³-hybridized carbons (Fsp3) is 0.182. The highest BCUT2D eigenvalue weighted by molar-refractivity contribution is 5.96. The molecule has 0 bridgehead atoms. The molecule has 29 heavy (non-hydrogen) atoms. The van der Waals surface area contributed by atoms with Crippen molar-refractivity contribution in [3.8, 4) is 0 Å². The Bertz CT molecular complexity index is 1030. The number of Topliss-reactive ketones (excluding diaryl/α,β-unsaturated/α-hetero) is 1. The number of esters is 1. The zero-order chi connectivity index (χ0) is 20.8. The number of carbonyl (C=O) groups is 2. The van der Waals surface area contributed by atoms with Crippen molar-refractivity contribution in [2.45, 2.75) is 20.8 Å². The Kier molecular flexibility index (Phi) is 6.19. The van der Waals surface area contributed by atoms with E-state index in [1.807, 2.05) is 13.0 Å². The minimum absolute atomic E-state index is 0.00936. The molecule has 1 heterocycles. The first kappa shape index (κ1) is 20.0. The maximum Gasteiger partial charge on any atom is 0.340 e. The second-order valence-corrected chi connectivity index (χ2v) is 6.37. The summed E-state index contributed by atoms with van der Waals surface area (Å²) in [4.78, 5) is 32.5. The highest BCUT2D eigenvalue weighted by Gasteiger charge is 2.13. The number of rotatable bonds is 7. The predicted molar refractivity (Wildman–Crippen MR) is 112 cm³/mol. The maximum atomic E-state index is 12.2. The van der Waals surface area contributed by atoms with Gasteiger partial charge in [0.2, 0.25) is 5.95 Å². The molecule has 0 radical (unpaired) electrons. The van der Waals surface area contributed by atoms with Gasteiger partial charge in [0.15, 0.2) is 5.78 Å². The topological polar surface area (TPSA) is 93.2 Å². The molecule has 0 aliphatic heterocycles. The second-order valence-electron chi connectivity index (χ2n) is 6.37. The molecule has 0 saturated heterocycles. The van der Waals surface area contributed by atoms with Gasteiger partial charge in [0, 0.05) is 23.0 Å². The number of carbonyl (C=O) groups excluding carboxylic acids is 2. The molecule has 0 aliphatic carbocycles. The number of ketones is 1. The number of aromatic nitrogens is 2. The summed E-state index contributed by atoms with van der Waals surface area (Å²) in [7, 11) is 0. The average molecular weight is 390 g/mol. The van der Waals surface area contributed by atoms with Crippen LogP contribution in [-0.2, 0) is 4.74 Å². The number of aryl methyl sites for hydroxylation is 1. The first-order valence-electron chi connectivity index (χ1n) is 9.23. The van der Waals surface area contributed by atoms with Crippen molar-refractivity contribution >= 4 is 34.9 Å². The summed E-state index contributed by atoms with van der Waals surface area (Å²) in [5, 5.41) is 6.30. The van der Waals surface area contributed by atoms with E-state index in [0.29, 0.717) is 35.2 Å². The summed E-state index contributed by atoms with van der Waals surface area (Å²) >= 11 is 0. The van der Waals surface area contributed by atoms with Crippen LogP contribution in [0.4, 0.5) is 23.1 Å². The van der Waals surface area contributed by atoms with Gasteiger partial charge in [-0.1, -0.05) is 12.1 Å². The number of nitrogens with zero attached hydrogens (tertiary/aromatic N) is 2. The molecule has 7 heteroatoms. The van der Waals surface area contributed by atoms with Crippen LogP contribution in [0.5, 0.6) is 0 Å². The summed E-state index contributed by atoms with van der Waals surface area (Å²) in [5.74, 6) is 0.550. The van der Waals surface area contributed by atoms with Gasteiger partial charge in [-0.3, -0.25) is 4.79 Å². The third-order valence-electron chi connectivity index (χ3n) is 4.09. The Morgan fingerprint density at radius 1 is 1.00 bits per heavy atom. The molecule has 0 saturated carbocycles. The minimum Gasteiger partial charge on any atom is -0.462 e. The molecule has 3 rings (SSSR count). The lowest BCUT2D eigenvalue weighted by molar-refractivity contribution is 0.0527. The van der Waals surface area contributed by atoms with Gasteiger partial charge in [-0.25, -0.2) is 9.78 Å². The van der Waals surface area contributed by atoms with E-state index in [-0.39, 0.29) is 5.78 Å². The number of para-hydroxylation sites is 1. The number of anilines is 4. The van der Waals surface area contributed by atoms with Crippen LogP contribution in [0, 0.1) is 6.92 Å². The molecule has 0 amide bonds. The van der Waals surface area contributed by atoms with E-state index in [9.17, 15) is 9.59 Å². The number of ether oxygens (including phenoxy) is 1. The Balaban J connectivity index is 1.83. The van der Waals surface area contributed by atoms with Crippen molar-refractivity contribution in [2.24, 2.45) is 0 Å². The monoisotopic (exact) mass is 390 g/mol. The third-order valence-corrected chi connectivity index (χ3v) is 4.09. The minimum atomic E-state index is -0.398. The normalized spacial score (nSPS) is 10.3. The molecular formula is C22H22N4O3. The molecule has 3 aromatic rings. The number of benzene rings is 2. The Morgan fingerprint density at radius 2 is 1.72 bits per heavy atom. The highest BCUT2D eigenvalue weighted by atomic mass is 16.5. The van der Waals surface area contributed by atoms with Crippen LogP contribution in [0.25, 0.3) is 0 Å². The summed E-state index contributed by atoms with van der Waals surface area (Å²) in [6, 6.07) is 16.0. The lowest BCUT2D eigenvalue weighted by Gasteiger charge is -2.13. The Labute approximate surface area is 169 Å². The fourth-order valence-corrected chi connectivity index (χ4v) is 2.72. The zero-order valence-corrected chi connectivity index (χ0v) is 16.5. The van der Waals surface area contributed by atoms with Crippen LogP contribution >= 0.6 is 0 Å². The molecule has 2 aromatic carbocycles. The van der Waals surface area contributed by atoms with E-state index >= 15 is 0 Å². The largest absolute Gasteiger partial charge is 0.462 e. The summed E-state index contributed by atoms with van der Waals surface area (Å²) in [6.07, 6.45) is 0. The molecule has 0 fully saturated rings. The molecule has 0 spiro atoms. The fourth-order valence-electron chi connectivity index (χ4n) is 2.72. The van der Waals surface area contributed by atoms with Crippen molar-refractivity contribution in [1.82, 2.24) is 9.97 Å². The van der Waals surface area contributed by atoms with Gasteiger partial charge in [-0.15, -0.1) is 0 Å². The summed E-state index contributed by atoms with van der Waals surface area (Å²) in [6.45, 7) is 5.45. The van der Waals surface area contributed by atoms with Crippen molar-refractivity contribution in [1.29, 1.82) is 0 Å². The smallest absolute Gasteiger partial charge is 0.340 e. The Hall–Kier alpha value is -3.74. The lowest BCUT2D eigenvalue weighted by Crippen LogP contribution is -2.09. The van der Waals surface area contributed by atoms with Crippen LogP contribution in [-0.4, -0.2) is 28.3 Å². The van der Waals surface area contributed by atoms with Gasteiger partial charge in [0.1, 0.15) is 5.82 Å². The molecule has 1 aromatic heterocycles. The molecule has 0 aliphatic rings. The zero-order valence-electron chi connectivity index (χ0n) is 16.5. The van der Waals surface area contributed by atoms with Crippen LogP contribution in [0.2, 0.25) is 0 Å². The van der Waals surface area contributed by atoms with E-state index in [1.54, 1.807) is 55.5 Å².